The Morgan fingerprint density at radius 1 is 0.352 bits per heavy atom. The van der Waals surface area contributed by atoms with E-state index in [9.17, 15) is 0 Å². The van der Waals surface area contributed by atoms with Crippen LogP contribution in [0.5, 0.6) is 0 Å². The number of anilines is 3. The summed E-state index contributed by atoms with van der Waals surface area (Å²) in [5.41, 5.74) is 14.6. The number of fused-ring (bicyclic) bond motifs is 4. The maximum atomic E-state index is 5.15. The molecule has 4 heteroatoms. The first-order valence-electron chi connectivity index (χ1n) is 18.3. The zero-order chi connectivity index (χ0) is 35.8. The minimum absolute atomic E-state index is 0.864. The topological polar surface area (TPSA) is 34.0 Å². The number of rotatable bonds is 7. The molecule has 10 aromatic rings. The van der Waals surface area contributed by atoms with Gasteiger partial charge in [-0.05, 0) is 72.3 Å². The molecule has 0 N–H and O–H groups in total. The van der Waals surface area contributed by atoms with Gasteiger partial charge in [0.05, 0.1) is 39.1 Å². The van der Waals surface area contributed by atoms with Gasteiger partial charge in [-0.25, -0.2) is 9.97 Å². The minimum Gasteiger partial charge on any atom is -0.310 e. The lowest BCUT2D eigenvalue weighted by molar-refractivity contribution is 1.18. The van der Waals surface area contributed by atoms with Crippen LogP contribution in [0.3, 0.4) is 0 Å². The van der Waals surface area contributed by atoms with Gasteiger partial charge in [0.25, 0.3) is 0 Å². The fourth-order valence-electron chi connectivity index (χ4n) is 7.68. The Labute approximate surface area is 313 Å². The summed E-state index contributed by atoms with van der Waals surface area (Å²) in [5.74, 6) is 0. The molecule has 0 fully saturated rings. The van der Waals surface area contributed by atoms with Gasteiger partial charge in [0, 0.05) is 44.5 Å². The van der Waals surface area contributed by atoms with Crippen molar-refractivity contribution in [3.05, 3.63) is 206 Å². The molecule has 4 nitrogen and oxygen atoms in total. The Morgan fingerprint density at radius 3 is 1.56 bits per heavy atom. The largest absolute Gasteiger partial charge is 0.310 e. The second-order valence-electron chi connectivity index (χ2n) is 13.4. The highest BCUT2D eigenvalue weighted by Gasteiger charge is 2.20. The van der Waals surface area contributed by atoms with Crippen LogP contribution in [0, 0.1) is 0 Å². The van der Waals surface area contributed by atoms with Crippen molar-refractivity contribution in [2.24, 2.45) is 0 Å². The van der Waals surface area contributed by atoms with E-state index in [1.165, 1.54) is 27.4 Å². The van der Waals surface area contributed by atoms with E-state index in [-0.39, 0.29) is 0 Å². The molecular formula is C50H34N4. The van der Waals surface area contributed by atoms with Gasteiger partial charge in [0.2, 0.25) is 0 Å². The summed E-state index contributed by atoms with van der Waals surface area (Å²) >= 11 is 0. The molecule has 0 aliphatic rings. The lowest BCUT2D eigenvalue weighted by Crippen LogP contribution is -2.09. The summed E-state index contributed by atoms with van der Waals surface area (Å²) in [7, 11) is 0. The minimum atomic E-state index is 0.864. The van der Waals surface area contributed by atoms with Crippen LogP contribution in [-0.2, 0) is 0 Å². The number of nitrogens with zero attached hydrogens (tertiary/aromatic N) is 4. The highest BCUT2D eigenvalue weighted by molar-refractivity contribution is 6.11. The van der Waals surface area contributed by atoms with Crippen LogP contribution >= 0.6 is 0 Å². The van der Waals surface area contributed by atoms with E-state index in [4.69, 9.17) is 9.97 Å². The molecule has 0 radical (unpaired) electrons. The summed E-state index contributed by atoms with van der Waals surface area (Å²) in [6.07, 6.45) is 0. The quantitative estimate of drug-likeness (QED) is 0.167. The number of benzene rings is 8. The molecule has 0 aliphatic carbocycles. The predicted octanol–water partition coefficient (Wildman–Crippen LogP) is 13.2. The van der Waals surface area contributed by atoms with Crippen LogP contribution in [-0.4, -0.2) is 14.5 Å². The van der Waals surface area contributed by atoms with E-state index >= 15 is 0 Å². The Bertz CT molecular complexity index is 2920. The van der Waals surface area contributed by atoms with Gasteiger partial charge >= 0.3 is 0 Å². The second-order valence-corrected chi connectivity index (χ2v) is 13.4. The molecule has 254 valence electrons. The Hall–Kier alpha value is -7.30. The molecule has 0 saturated carbocycles. The monoisotopic (exact) mass is 690 g/mol. The standard InChI is InChI=1S/C50H34N4/c1-4-16-35(17-5-1)41-22-10-14-26-46(41)54-47-27-15-11-23-42(47)43-34-40(32-33-48(43)54)53(38-20-8-3-9-21-38)39-30-28-37(29-31-39)50-49(36-18-6-2-7-19-36)51-44-24-12-13-25-45(44)52-50/h1-34H. The Kier molecular flexibility index (Phi) is 7.77. The molecule has 0 aliphatic heterocycles. The van der Waals surface area contributed by atoms with Crippen LogP contribution in [0.15, 0.2) is 206 Å². The van der Waals surface area contributed by atoms with Crippen molar-refractivity contribution in [1.82, 2.24) is 14.5 Å². The Balaban J connectivity index is 1.12. The van der Waals surface area contributed by atoms with Crippen LogP contribution in [0.2, 0.25) is 0 Å². The van der Waals surface area contributed by atoms with Crippen LogP contribution in [0.1, 0.15) is 0 Å². The summed E-state index contributed by atoms with van der Waals surface area (Å²) < 4.78 is 2.41. The molecule has 0 atom stereocenters. The van der Waals surface area contributed by atoms with Crippen molar-refractivity contribution < 1.29 is 0 Å². The first kappa shape index (κ1) is 31.4. The van der Waals surface area contributed by atoms with Gasteiger partial charge in [0.15, 0.2) is 0 Å². The van der Waals surface area contributed by atoms with Crippen molar-refractivity contribution in [3.63, 3.8) is 0 Å². The molecule has 0 saturated heterocycles. The third-order valence-electron chi connectivity index (χ3n) is 10.2. The molecule has 10 rings (SSSR count). The maximum absolute atomic E-state index is 5.15. The average molecular weight is 691 g/mol. The maximum Gasteiger partial charge on any atom is 0.0973 e. The fourth-order valence-corrected chi connectivity index (χ4v) is 7.68. The van der Waals surface area contributed by atoms with E-state index in [0.29, 0.717) is 0 Å². The van der Waals surface area contributed by atoms with Crippen molar-refractivity contribution in [2.75, 3.05) is 4.90 Å². The lowest BCUT2D eigenvalue weighted by Gasteiger charge is -2.26. The molecular weight excluding hydrogens is 657 g/mol. The highest BCUT2D eigenvalue weighted by atomic mass is 15.1. The predicted molar refractivity (Wildman–Crippen MR) is 225 cm³/mol. The van der Waals surface area contributed by atoms with Crippen molar-refractivity contribution in [3.8, 4) is 39.3 Å². The lowest BCUT2D eigenvalue weighted by atomic mass is 10.0. The van der Waals surface area contributed by atoms with E-state index in [2.05, 4.69) is 173 Å². The highest BCUT2D eigenvalue weighted by Crippen LogP contribution is 2.42. The number of para-hydroxylation sites is 5. The molecule has 54 heavy (non-hydrogen) atoms. The van der Waals surface area contributed by atoms with Gasteiger partial charge in [-0.3, -0.25) is 0 Å². The number of aromatic nitrogens is 3. The van der Waals surface area contributed by atoms with E-state index in [0.717, 1.165) is 61.8 Å². The molecule has 0 amide bonds. The molecule has 0 unspecified atom stereocenters. The van der Waals surface area contributed by atoms with Gasteiger partial charge in [-0.1, -0.05) is 140 Å². The zero-order valence-electron chi connectivity index (χ0n) is 29.4. The fraction of sp³-hybridized carbons (Fsp3) is 0. The summed E-state index contributed by atoms with van der Waals surface area (Å²) in [4.78, 5) is 12.6. The van der Waals surface area contributed by atoms with Gasteiger partial charge in [-0.15, -0.1) is 0 Å². The van der Waals surface area contributed by atoms with Crippen LogP contribution in [0.4, 0.5) is 17.1 Å². The van der Waals surface area contributed by atoms with Gasteiger partial charge in [-0.2, -0.15) is 0 Å². The van der Waals surface area contributed by atoms with Crippen LogP contribution < -0.4 is 4.90 Å². The van der Waals surface area contributed by atoms with Crippen LogP contribution in [0.25, 0.3) is 72.2 Å². The third kappa shape index (κ3) is 5.49. The number of hydrogen-bond acceptors (Lipinski definition) is 3. The third-order valence-corrected chi connectivity index (χ3v) is 10.2. The van der Waals surface area contributed by atoms with E-state index in [1.807, 2.05) is 42.5 Å². The SMILES string of the molecule is c1ccc(-c2ccccc2-n2c3ccccc3c3cc(N(c4ccccc4)c4ccc(-c5nc6ccccc6nc5-c5ccccc5)cc4)ccc32)cc1. The normalized spacial score (nSPS) is 11.3. The summed E-state index contributed by atoms with van der Waals surface area (Å²) in [6.45, 7) is 0. The van der Waals surface area contributed by atoms with Gasteiger partial charge < -0.3 is 9.47 Å². The first-order valence-corrected chi connectivity index (χ1v) is 18.3. The van der Waals surface area contributed by atoms with E-state index in [1.54, 1.807) is 0 Å². The molecule has 2 heterocycles. The first-order chi connectivity index (χ1) is 26.8. The van der Waals surface area contributed by atoms with Gasteiger partial charge in [0.1, 0.15) is 0 Å². The summed E-state index contributed by atoms with van der Waals surface area (Å²) in [5, 5.41) is 2.41. The van der Waals surface area contributed by atoms with E-state index < -0.39 is 0 Å². The zero-order valence-corrected chi connectivity index (χ0v) is 29.4. The van der Waals surface area contributed by atoms with Crippen molar-refractivity contribution >= 4 is 49.9 Å². The smallest absolute Gasteiger partial charge is 0.0973 e. The molecule has 2 aromatic heterocycles. The average Bonchev–Trinajstić information content (AvgIpc) is 3.58. The number of hydrogen-bond donors (Lipinski definition) is 0. The van der Waals surface area contributed by atoms with Crippen molar-refractivity contribution in [2.45, 2.75) is 0 Å². The molecule has 0 spiro atoms. The molecule has 8 aromatic carbocycles. The second kappa shape index (κ2) is 13.4. The van der Waals surface area contributed by atoms with Crippen molar-refractivity contribution in [1.29, 1.82) is 0 Å². The Morgan fingerprint density at radius 2 is 0.852 bits per heavy atom. The summed E-state index contributed by atoms with van der Waals surface area (Å²) in [6, 6.07) is 72.6. The molecule has 0 bridgehead atoms.